The number of amides is 1. The quantitative estimate of drug-likeness (QED) is 0.144. The van der Waals surface area contributed by atoms with Gasteiger partial charge in [0.1, 0.15) is 35.6 Å². The summed E-state index contributed by atoms with van der Waals surface area (Å²) >= 11 is 3.41. The predicted molar refractivity (Wildman–Crippen MR) is 144 cm³/mol. The number of aromatic nitrogens is 2. The number of carbonyl (C=O) groups excluding carboxylic acids is 1. The molecule has 0 unspecified atom stereocenters. The minimum Gasteiger partial charge on any atom is -0.493 e. The van der Waals surface area contributed by atoms with Crippen molar-refractivity contribution in [2.75, 3.05) is 25.6 Å². The van der Waals surface area contributed by atoms with Crippen molar-refractivity contribution in [3.8, 4) is 23.3 Å². The van der Waals surface area contributed by atoms with E-state index in [1.807, 2.05) is 44.2 Å². The average Bonchev–Trinajstić information content (AvgIpc) is 3.30. The number of hydrogen-bond acceptors (Lipinski definition) is 8. The topological polar surface area (TPSA) is 106 Å². The molecule has 1 N–H and O–H groups in total. The summed E-state index contributed by atoms with van der Waals surface area (Å²) < 4.78 is 18.0. The van der Waals surface area contributed by atoms with E-state index in [4.69, 9.17) is 14.2 Å². The lowest BCUT2D eigenvalue weighted by molar-refractivity contribution is -0.112. The second-order valence-electron chi connectivity index (χ2n) is 7.46. The summed E-state index contributed by atoms with van der Waals surface area (Å²) in [7, 11) is 1.54. The second kappa shape index (κ2) is 12.5. The van der Waals surface area contributed by atoms with Gasteiger partial charge in [-0.3, -0.25) is 10.1 Å². The predicted octanol–water partition coefficient (Wildman–Crippen LogP) is 5.33. The highest BCUT2D eigenvalue weighted by Crippen LogP contribution is 2.34. The van der Waals surface area contributed by atoms with E-state index in [9.17, 15) is 10.1 Å². The molecular weight excluding hydrogens is 579 g/mol. The lowest BCUT2D eigenvalue weighted by atomic mass is 10.1. The van der Waals surface area contributed by atoms with Crippen LogP contribution in [0.15, 0.2) is 35.9 Å². The van der Waals surface area contributed by atoms with Crippen LogP contribution in [-0.2, 0) is 11.2 Å². The van der Waals surface area contributed by atoms with E-state index >= 15 is 0 Å². The lowest BCUT2D eigenvalue weighted by Gasteiger charge is -2.14. The molecule has 0 spiro atoms. The van der Waals surface area contributed by atoms with Crippen molar-refractivity contribution in [3.63, 3.8) is 0 Å². The zero-order valence-corrected chi connectivity index (χ0v) is 22.8. The minimum absolute atomic E-state index is 0.0634. The molecule has 0 aliphatic carbocycles. The molecule has 1 heterocycles. The molecule has 3 aromatic rings. The molecule has 0 aliphatic rings. The average molecular weight is 604 g/mol. The number of methoxy groups -OCH3 is 1. The van der Waals surface area contributed by atoms with Gasteiger partial charge in [0.25, 0.3) is 5.91 Å². The highest BCUT2D eigenvalue weighted by molar-refractivity contribution is 14.1. The molecule has 10 heteroatoms. The number of carbonyl (C=O) groups is 1. The fourth-order valence-corrected chi connectivity index (χ4v) is 4.45. The van der Waals surface area contributed by atoms with Gasteiger partial charge >= 0.3 is 0 Å². The number of rotatable bonds is 10. The van der Waals surface area contributed by atoms with E-state index in [1.165, 1.54) is 35.6 Å². The second-order valence-corrected chi connectivity index (χ2v) is 9.68. The Bertz CT molecular complexity index is 1280. The molecule has 182 valence electrons. The highest BCUT2D eigenvalue weighted by atomic mass is 127. The zero-order chi connectivity index (χ0) is 25.4. The van der Waals surface area contributed by atoms with Gasteiger partial charge in [-0.15, -0.1) is 10.2 Å². The Morgan fingerprint density at radius 1 is 1.17 bits per heavy atom. The molecule has 0 saturated carbocycles. The summed E-state index contributed by atoms with van der Waals surface area (Å²) in [5.41, 5.74) is 2.95. The first-order valence-corrected chi connectivity index (χ1v) is 12.7. The standard InChI is InChI=1S/C25H25IN4O4S/c1-5-22-29-30-25(35-22)28-24(31)18(14-27)11-17-12-20(26)23(21(13-17)32-4)34-9-8-33-19-7-6-15(2)16(3)10-19/h6-7,10-13H,5,8-9H2,1-4H3,(H,28,30,31). The Labute approximate surface area is 222 Å². The van der Waals surface area contributed by atoms with Gasteiger partial charge in [0.2, 0.25) is 5.13 Å². The van der Waals surface area contributed by atoms with Gasteiger partial charge in [0, 0.05) is 0 Å². The van der Waals surface area contributed by atoms with Crippen molar-refractivity contribution in [2.24, 2.45) is 0 Å². The van der Waals surface area contributed by atoms with Gasteiger partial charge < -0.3 is 14.2 Å². The van der Waals surface area contributed by atoms with Crippen molar-refractivity contribution in [2.45, 2.75) is 27.2 Å². The SMILES string of the molecule is CCc1nnc(NC(=O)C(C#N)=Cc2cc(I)c(OCCOc3ccc(C)c(C)c3)c(OC)c2)s1. The van der Waals surface area contributed by atoms with E-state index in [0.29, 0.717) is 35.4 Å². The van der Waals surface area contributed by atoms with E-state index < -0.39 is 5.91 Å². The molecule has 0 bridgehead atoms. The lowest BCUT2D eigenvalue weighted by Crippen LogP contribution is -2.13. The van der Waals surface area contributed by atoms with Crippen LogP contribution in [0.25, 0.3) is 6.08 Å². The van der Waals surface area contributed by atoms with Crippen LogP contribution in [0.5, 0.6) is 17.2 Å². The van der Waals surface area contributed by atoms with Crippen LogP contribution in [0, 0.1) is 28.7 Å². The maximum absolute atomic E-state index is 12.5. The third-order valence-corrected chi connectivity index (χ3v) is 6.78. The molecule has 3 rings (SSSR count). The first-order valence-electron chi connectivity index (χ1n) is 10.8. The van der Waals surface area contributed by atoms with Gasteiger partial charge in [-0.1, -0.05) is 24.3 Å². The van der Waals surface area contributed by atoms with Crippen molar-refractivity contribution < 1.29 is 19.0 Å². The molecule has 0 aliphatic heterocycles. The zero-order valence-electron chi connectivity index (χ0n) is 19.8. The fourth-order valence-electron chi connectivity index (χ4n) is 3.00. The van der Waals surface area contributed by atoms with Gasteiger partial charge in [-0.2, -0.15) is 5.26 Å². The summed E-state index contributed by atoms with van der Waals surface area (Å²) in [6.07, 6.45) is 2.22. The van der Waals surface area contributed by atoms with Gasteiger partial charge in [0.15, 0.2) is 11.5 Å². The number of hydrogen-bond donors (Lipinski definition) is 1. The maximum atomic E-state index is 12.5. The monoisotopic (exact) mass is 604 g/mol. The third kappa shape index (κ3) is 7.16. The number of ether oxygens (including phenoxy) is 3. The van der Waals surface area contributed by atoms with E-state index in [-0.39, 0.29) is 5.57 Å². The number of anilines is 1. The van der Waals surface area contributed by atoms with Crippen molar-refractivity contribution >= 4 is 51.0 Å². The van der Waals surface area contributed by atoms with E-state index in [1.54, 1.807) is 6.07 Å². The number of aryl methyl sites for hydroxylation is 3. The molecule has 1 amide bonds. The number of nitrogens with one attached hydrogen (secondary N) is 1. The number of benzene rings is 2. The Morgan fingerprint density at radius 2 is 1.94 bits per heavy atom. The van der Waals surface area contributed by atoms with Crippen molar-refractivity contribution in [1.29, 1.82) is 5.26 Å². The van der Waals surface area contributed by atoms with Gasteiger partial charge in [-0.25, -0.2) is 0 Å². The molecule has 0 radical (unpaired) electrons. The Balaban J connectivity index is 1.68. The molecule has 8 nitrogen and oxygen atoms in total. The van der Waals surface area contributed by atoms with Crippen molar-refractivity contribution in [3.05, 3.63) is 61.2 Å². The maximum Gasteiger partial charge on any atom is 0.268 e. The first kappa shape index (κ1) is 26.4. The van der Waals surface area contributed by atoms with Crippen LogP contribution in [0.1, 0.15) is 28.6 Å². The number of nitrogens with zero attached hydrogens (tertiary/aromatic N) is 3. The smallest absolute Gasteiger partial charge is 0.268 e. The summed E-state index contributed by atoms with van der Waals surface area (Å²) in [5, 5.41) is 21.2. The summed E-state index contributed by atoms with van der Waals surface area (Å²) in [6.45, 7) is 6.74. The Hall–Kier alpha value is -3.17. The molecule has 0 atom stereocenters. The summed E-state index contributed by atoms with van der Waals surface area (Å²) in [4.78, 5) is 12.5. The minimum atomic E-state index is -0.552. The fraction of sp³-hybridized carbons (Fsp3) is 0.280. The number of halogens is 1. The van der Waals surface area contributed by atoms with E-state index in [0.717, 1.165) is 20.7 Å². The number of nitriles is 1. The molecule has 35 heavy (non-hydrogen) atoms. The molecule has 0 fully saturated rings. The molecule has 0 saturated heterocycles. The van der Waals surface area contributed by atoms with Crippen LogP contribution < -0.4 is 19.5 Å². The summed E-state index contributed by atoms with van der Waals surface area (Å²) in [6, 6.07) is 11.4. The highest BCUT2D eigenvalue weighted by Gasteiger charge is 2.15. The van der Waals surface area contributed by atoms with Crippen LogP contribution in [0.2, 0.25) is 0 Å². The van der Waals surface area contributed by atoms with Gasteiger partial charge in [0.05, 0.1) is 10.7 Å². The van der Waals surface area contributed by atoms with E-state index in [2.05, 4.69) is 45.0 Å². The Morgan fingerprint density at radius 3 is 2.60 bits per heavy atom. The first-order chi connectivity index (χ1) is 16.8. The van der Waals surface area contributed by atoms with Crippen molar-refractivity contribution in [1.82, 2.24) is 10.2 Å². The van der Waals surface area contributed by atoms with Crippen LogP contribution in [-0.4, -0.2) is 36.4 Å². The summed E-state index contributed by atoms with van der Waals surface area (Å²) in [5.74, 6) is 1.30. The molecule has 1 aromatic heterocycles. The van der Waals surface area contributed by atoms with Crippen LogP contribution >= 0.6 is 33.9 Å². The Kier molecular flexibility index (Phi) is 9.45. The largest absolute Gasteiger partial charge is 0.493 e. The molecular formula is C25H25IN4O4S. The third-order valence-electron chi connectivity index (χ3n) is 4.99. The normalized spacial score (nSPS) is 11.0. The van der Waals surface area contributed by atoms with Crippen LogP contribution in [0.3, 0.4) is 0 Å². The van der Waals surface area contributed by atoms with Gasteiger partial charge in [-0.05, 0) is 89.9 Å². The molecule has 2 aromatic carbocycles. The van der Waals surface area contributed by atoms with Crippen LogP contribution in [0.4, 0.5) is 5.13 Å².